The third-order valence-electron chi connectivity index (χ3n) is 3.80. The van der Waals surface area contributed by atoms with E-state index in [1.54, 1.807) is 42.5 Å². The number of carbonyl (C=O) groups is 3. The fourth-order valence-electron chi connectivity index (χ4n) is 2.56. The lowest BCUT2D eigenvalue weighted by molar-refractivity contribution is -0.114. The van der Waals surface area contributed by atoms with Crippen LogP contribution >= 0.6 is 0 Å². The van der Waals surface area contributed by atoms with Crippen LogP contribution in [0.5, 0.6) is 11.5 Å². The monoisotopic (exact) mass is 385 g/mol. The summed E-state index contributed by atoms with van der Waals surface area (Å²) in [6.07, 6.45) is 0. The quantitative estimate of drug-likeness (QED) is 0.601. The number of carbonyl (C=O) groups excluding carboxylic acids is 3. The predicted octanol–water partition coefficient (Wildman–Crippen LogP) is 1.82. The largest absolute Gasteiger partial charge is 0.496 e. The Hall–Kier alpha value is -3.55. The van der Waals surface area contributed by atoms with E-state index < -0.39 is 0 Å². The minimum Gasteiger partial charge on any atom is -0.496 e. The van der Waals surface area contributed by atoms with Crippen molar-refractivity contribution in [2.24, 2.45) is 0 Å². The van der Waals surface area contributed by atoms with Crippen LogP contribution in [-0.4, -0.2) is 45.0 Å². The molecular formula is C20H23N3O5. The average Bonchev–Trinajstić information content (AvgIpc) is 2.69. The molecule has 8 nitrogen and oxygen atoms in total. The Morgan fingerprint density at radius 2 is 1.43 bits per heavy atom. The number of amides is 3. The summed E-state index contributed by atoms with van der Waals surface area (Å²) in [6, 6.07) is 11.6. The SMILES string of the molecule is COc1cccc(OC)c1C(=O)NCCNC(=O)c1cccc(NC(C)=O)c1. The summed E-state index contributed by atoms with van der Waals surface area (Å²) < 4.78 is 10.4. The van der Waals surface area contributed by atoms with Crippen molar-refractivity contribution in [1.29, 1.82) is 0 Å². The maximum atomic E-state index is 12.4. The molecule has 0 unspecified atom stereocenters. The van der Waals surface area contributed by atoms with E-state index in [4.69, 9.17) is 9.47 Å². The topological polar surface area (TPSA) is 106 Å². The molecule has 28 heavy (non-hydrogen) atoms. The molecule has 0 spiro atoms. The minimum absolute atomic E-state index is 0.216. The number of ether oxygens (including phenoxy) is 2. The van der Waals surface area contributed by atoms with E-state index in [1.165, 1.54) is 21.1 Å². The lowest BCUT2D eigenvalue weighted by Gasteiger charge is -2.13. The zero-order chi connectivity index (χ0) is 20.5. The van der Waals surface area contributed by atoms with E-state index in [2.05, 4.69) is 16.0 Å². The maximum absolute atomic E-state index is 12.4. The molecule has 2 aromatic carbocycles. The van der Waals surface area contributed by atoms with Crippen molar-refractivity contribution >= 4 is 23.4 Å². The van der Waals surface area contributed by atoms with Gasteiger partial charge in [0.15, 0.2) is 0 Å². The third-order valence-corrected chi connectivity index (χ3v) is 3.80. The van der Waals surface area contributed by atoms with Crippen molar-refractivity contribution in [2.75, 3.05) is 32.6 Å². The highest BCUT2D eigenvalue weighted by atomic mass is 16.5. The predicted molar refractivity (Wildman–Crippen MR) is 105 cm³/mol. The van der Waals surface area contributed by atoms with E-state index in [1.807, 2.05) is 0 Å². The van der Waals surface area contributed by atoms with Gasteiger partial charge in [-0.25, -0.2) is 0 Å². The number of rotatable bonds is 8. The van der Waals surface area contributed by atoms with Gasteiger partial charge in [-0.05, 0) is 30.3 Å². The van der Waals surface area contributed by atoms with E-state index >= 15 is 0 Å². The highest BCUT2D eigenvalue weighted by Gasteiger charge is 2.17. The molecule has 3 amide bonds. The molecule has 0 fully saturated rings. The highest BCUT2D eigenvalue weighted by Crippen LogP contribution is 2.27. The molecule has 2 rings (SSSR count). The van der Waals surface area contributed by atoms with E-state index in [0.717, 1.165) is 0 Å². The van der Waals surface area contributed by atoms with Crippen molar-refractivity contribution in [3.63, 3.8) is 0 Å². The van der Waals surface area contributed by atoms with Gasteiger partial charge in [0.25, 0.3) is 11.8 Å². The Bertz CT molecular complexity index is 844. The zero-order valence-electron chi connectivity index (χ0n) is 16.0. The van der Waals surface area contributed by atoms with Gasteiger partial charge < -0.3 is 25.4 Å². The number of benzene rings is 2. The van der Waals surface area contributed by atoms with E-state index in [-0.39, 0.29) is 30.8 Å². The third kappa shape index (κ3) is 5.47. The summed E-state index contributed by atoms with van der Waals surface area (Å²) in [5.74, 6) is -0.0917. The second-order valence-electron chi connectivity index (χ2n) is 5.81. The van der Waals surface area contributed by atoms with Crippen molar-refractivity contribution in [2.45, 2.75) is 6.92 Å². The van der Waals surface area contributed by atoms with Crippen molar-refractivity contribution in [3.8, 4) is 11.5 Å². The zero-order valence-corrected chi connectivity index (χ0v) is 16.0. The molecule has 0 aromatic heterocycles. The van der Waals surface area contributed by atoms with Crippen molar-refractivity contribution < 1.29 is 23.9 Å². The van der Waals surface area contributed by atoms with E-state index in [9.17, 15) is 14.4 Å². The Labute approximate surface area is 163 Å². The Morgan fingerprint density at radius 3 is 2.00 bits per heavy atom. The number of anilines is 1. The number of nitrogens with one attached hydrogen (secondary N) is 3. The first-order valence-electron chi connectivity index (χ1n) is 8.61. The molecule has 0 aliphatic rings. The first-order chi connectivity index (χ1) is 13.5. The van der Waals surface area contributed by atoms with Gasteiger partial charge in [-0.2, -0.15) is 0 Å². The molecule has 0 aliphatic carbocycles. The number of methoxy groups -OCH3 is 2. The summed E-state index contributed by atoms with van der Waals surface area (Å²) in [7, 11) is 2.95. The molecule has 0 radical (unpaired) electrons. The fourth-order valence-corrected chi connectivity index (χ4v) is 2.56. The molecule has 148 valence electrons. The van der Waals surface area contributed by atoms with Crippen molar-refractivity contribution in [3.05, 3.63) is 53.6 Å². The van der Waals surface area contributed by atoms with Gasteiger partial charge in [-0.1, -0.05) is 12.1 Å². The van der Waals surface area contributed by atoms with Crippen LogP contribution < -0.4 is 25.4 Å². The normalized spacial score (nSPS) is 9.96. The molecule has 8 heteroatoms. The second-order valence-corrected chi connectivity index (χ2v) is 5.81. The molecule has 2 aromatic rings. The lowest BCUT2D eigenvalue weighted by Crippen LogP contribution is -2.35. The first kappa shape index (κ1) is 20.8. The lowest BCUT2D eigenvalue weighted by atomic mass is 10.1. The molecule has 0 bridgehead atoms. The molecule has 0 aliphatic heterocycles. The maximum Gasteiger partial charge on any atom is 0.258 e. The highest BCUT2D eigenvalue weighted by molar-refractivity contribution is 6.00. The van der Waals surface area contributed by atoms with Crippen LogP contribution in [0.1, 0.15) is 27.6 Å². The van der Waals surface area contributed by atoms with Gasteiger partial charge >= 0.3 is 0 Å². The standard InChI is InChI=1S/C20H23N3O5/c1-13(24)23-15-7-4-6-14(12-15)19(25)21-10-11-22-20(26)18-16(27-2)8-5-9-17(18)28-3/h4-9,12H,10-11H2,1-3H3,(H,21,25)(H,22,26)(H,23,24). The summed E-state index contributed by atoms with van der Waals surface area (Å²) in [4.78, 5) is 35.8. The molecule has 0 atom stereocenters. The van der Waals surface area contributed by atoms with Crippen LogP contribution in [0.2, 0.25) is 0 Å². The summed E-state index contributed by atoms with van der Waals surface area (Å²) >= 11 is 0. The summed E-state index contributed by atoms with van der Waals surface area (Å²) in [5, 5.41) is 8.06. The van der Waals surface area contributed by atoms with Gasteiger partial charge in [0.05, 0.1) is 14.2 Å². The van der Waals surface area contributed by atoms with Gasteiger partial charge in [0.2, 0.25) is 5.91 Å². The van der Waals surface area contributed by atoms with Crippen LogP contribution in [0.25, 0.3) is 0 Å². The van der Waals surface area contributed by atoms with Gasteiger partial charge in [-0.3, -0.25) is 14.4 Å². The number of hydrogen-bond donors (Lipinski definition) is 3. The van der Waals surface area contributed by atoms with Crippen LogP contribution in [0, 0.1) is 0 Å². The van der Waals surface area contributed by atoms with Crippen LogP contribution in [-0.2, 0) is 4.79 Å². The average molecular weight is 385 g/mol. The molecule has 0 heterocycles. The van der Waals surface area contributed by atoms with Gasteiger partial charge in [0, 0.05) is 31.3 Å². The fraction of sp³-hybridized carbons (Fsp3) is 0.250. The second kappa shape index (κ2) is 9.96. The van der Waals surface area contributed by atoms with E-state index in [0.29, 0.717) is 28.3 Å². The van der Waals surface area contributed by atoms with Crippen LogP contribution in [0.3, 0.4) is 0 Å². The minimum atomic E-state index is -0.365. The Kier molecular flexibility index (Phi) is 7.38. The van der Waals surface area contributed by atoms with Crippen LogP contribution in [0.15, 0.2) is 42.5 Å². The molecular weight excluding hydrogens is 362 g/mol. The summed E-state index contributed by atoms with van der Waals surface area (Å²) in [5.41, 5.74) is 1.24. The Morgan fingerprint density at radius 1 is 0.857 bits per heavy atom. The number of hydrogen-bond acceptors (Lipinski definition) is 5. The summed E-state index contributed by atoms with van der Waals surface area (Å²) in [6.45, 7) is 1.84. The molecule has 0 saturated carbocycles. The van der Waals surface area contributed by atoms with Gasteiger partial charge in [-0.15, -0.1) is 0 Å². The Balaban J connectivity index is 1.90. The first-order valence-corrected chi connectivity index (χ1v) is 8.61. The smallest absolute Gasteiger partial charge is 0.258 e. The van der Waals surface area contributed by atoms with Gasteiger partial charge in [0.1, 0.15) is 17.1 Å². The van der Waals surface area contributed by atoms with Crippen molar-refractivity contribution in [1.82, 2.24) is 10.6 Å². The molecule has 0 saturated heterocycles. The van der Waals surface area contributed by atoms with Crippen LogP contribution in [0.4, 0.5) is 5.69 Å². The molecule has 3 N–H and O–H groups in total.